The average Bonchev–Trinajstić information content (AvgIpc) is 2.58. The van der Waals surface area contributed by atoms with E-state index < -0.39 is 0 Å². The van der Waals surface area contributed by atoms with Gasteiger partial charge in [-0.1, -0.05) is 31.5 Å². The molecule has 0 N–H and O–H groups in total. The van der Waals surface area contributed by atoms with Crippen LogP contribution >= 0.6 is 0 Å². The van der Waals surface area contributed by atoms with Gasteiger partial charge in [-0.15, -0.1) is 0 Å². The van der Waals surface area contributed by atoms with Gasteiger partial charge in [0.1, 0.15) is 11.4 Å². The van der Waals surface area contributed by atoms with E-state index in [4.69, 9.17) is 10.00 Å². The molecule has 1 heterocycles. The highest BCUT2D eigenvalue weighted by atomic mass is 16.5. The quantitative estimate of drug-likeness (QED) is 0.785. The van der Waals surface area contributed by atoms with E-state index >= 15 is 0 Å². The van der Waals surface area contributed by atoms with Gasteiger partial charge in [0.2, 0.25) is 0 Å². The zero-order chi connectivity index (χ0) is 17.6. The summed E-state index contributed by atoms with van der Waals surface area (Å²) >= 11 is 0. The SMILES string of the molecule is CC.Cc1ccc(OC2(C)CN(C3CCC(CC#N)CC3)C2)cc1. The molecular formula is C21H32N2O. The van der Waals surface area contributed by atoms with Gasteiger partial charge in [-0.05, 0) is 57.6 Å². The van der Waals surface area contributed by atoms with Crippen LogP contribution in [0.5, 0.6) is 5.75 Å². The molecule has 0 amide bonds. The first kappa shape index (κ1) is 18.8. The number of nitriles is 1. The van der Waals surface area contributed by atoms with Crippen molar-refractivity contribution in [3.05, 3.63) is 29.8 Å². The third-order valence-corrected chi connectivity index (χ3v) is 5.17. The Kier molecular flexibility index (Phi) is 6.69. The summed E-state index contributed by atoms with van der Waals surface area (Å²) in [5.74, 6) is 1.61. The number of likely N-dealkylation sites (tertiary alicyclic amines) is 1. The largest absolute Gasteiger partial charge is 0.485 e. The standard InChI is InChI=1S/C19H26N2O.C2H6/c1-15-3-9-18(10-4-15)22-19(2)13-21(14-19)17-7-5-16(6-8-17)11-12-20;1-2/h3-4,9-10,16-17H,5-8,11,13-14H2,1-2H3;1-2H3. The van der Waals surface area contributed by atoms with Gasteiger partial charge in [0.15, 0.2) is 0 Å². The van der Waals surface area contributed by atoms with Gasteiger partial charge < -0.3 is 4.74 Å². The Labute approximate surface area is 147 Å². The van der Waals surface area contributed by atoms with Crippen molar-refractivity contribution in [1.29, 1.82) is 5.26 Å². The molecule has 1 aromatic rings. The predicted octanol–water partition coefficient (Wildman–Crippen LogP) is 4.95. The highest BCUT2D eigenvalue weighted by molar-refractivity contribution is 5.27. The maximum Gasteiger partial charge on any atom is 0.131 e. The molecule has 1 aliphatic heterocycles. The van der Waals surface area contributed by atoms with Crippen LogP contribution in [-0.2, 0) is 0 Å². The second kappa shape index (κ2) is 8.53. The Hall–Kier alpha value is -1.53. The fourth-order valence-electron chi connectivity index (χ4n) is 3.87. The lowest BCUT2D eigenvalue weighted by atomic mass is 9.81. The van der Waals surface area contributed by atoms with E-state index in [9.17, 15) is 0 Å². The Bertz CT molecular complexity index is 532. The summed E-state index contributed by atoms with van der Waals surface area (Å²) in [7, 11) is 0. The lowest BCUT2D eigenvalue weighted by Crippen LogP contribution is -2.66. The summed E-state index contributed by atoms with van der Waals surface area (Å²) in [4.78, 5) is 2.57. The summed E-state index contributed by atoms with van der Waals surface area (Å²) in [6, 6.07) is 11.4. The molecule has 1 saturated carbocycles. The molecule has 1 aliphatic carbocycles. The number of hydrogen-bond donors (Lipinski definition) is 0. The minimum absolute atomic E-state index is 0.0429. The fraction of sp³-hybridized carbons (Fsp3) is 0.667. The van der Waals surface area contributed by atoms with Gasteiger partial charge in [-0.3, -0.25) is 4.90 Å². The van der Waals surface area contributed by atoms with Gasteiger partial charge in [0, 0.05) is 25.6 Å². The normalized spacial score (nSPS) is 25.6. The minimum Gasteiger partial charge on any atom is -0.485 e. The average molecular weight is 329 g/mol. The van der Waals surface area contributed by atoms with E-state index in [1.807, 2.05) is 13.8 Å². The van der Waals surface area contributed by atoms with E-state index in [0.717, 1.165) is 25.3 Å². The molecule has 0 radical (unpaired) electrons. The topological polar surface area (TPSA) is 36.3 Å². The molecule has 0 spiro atoms. The number of benzene rings is 1. The van der Waals surface area contributed by atoms with Crippen molar-refractivity contribution < 1.29 is 4.74 Å². The first-order valence-corrected chi connectivity index (χ1v) is 9.45. The third kappa shape index (κ3) is 4.74. The summed E-state index contributed by atoms with van der Waals surface area (Å²) < 4.78 is 6.19. The zero-order valence-electron chi connectivity index (χ0n) is 15.7. The van der Waals surface area contributed by atoms with Crippen LogP contribution in [0.3, 0.4) is 0 Å². The first-order chi connectivity index (χ1) is 11.6. The number of aryl methyl sites for hydroxylation is 1. The molecule has 132 valence electrons. The van der Waals surface area contributed by atoms with E-state index in [2.05, 4.69) is 49.1 Å². The molecule has 2 aliphatic rings. The summed E-state index contributed by atoms with van der Waals surface area (Å²) in [6.07, 6.45) is 5.65. The number of nitrogens with zero attached hydrogens (tertiary/aromatic N) is 2. The molecule has 1 saturated heterocycles. The maximum atomic E-state index is 8.80. The molecule has 0 bridgehead atoms. The van der Waals surface area contributed by atoms with E-state index in [1.54, 1.807) is 0 Å². The van der Waals surface area contributed by atoms with Gasteiger partial charge >= 0.3 is 0 Å². The van der Waals surface area contributed by atoms with E-state index in [0.29, 0.717) is 12.0 Å². The van der Waals surface area contributed by atoms with Crippen LogP contribution < -0.4 is 4.74 Å². The van der Waals surface area contributed by atoms with Crippen molar-refractivity contribution >= 4 is 0 Å². The molecule has 2 fully saturated rings. The van der Waals surface area contributed by atoms with Gasteiger partial charge in [-0.25, -0.2) is 0 Å². The van der Waals surface area contributed by atoms with Crippen LogP contribution in [0.25, 0.3) is 0 Å². The summed E-state index contributed by atoms with van der Waals surface area (Å²) in [5.41, 5.74) is 1.22. The van der Waals surface area contributed by atoms with Crippen molar-refractivity contribution in [3.63, 3.8) is 0 Å². The zero-order valence-corrected chi connectivity index (χ0v) is 15.7. The lowest BCUT2D eigenvalue weighted by molar-refractivity contribution is -0.0914. The Morgan fingerprint density at radius 2 is 1.71 bits per heavy atom. The van der Waals surface area contributed by atoms with Crippen LogP contribution in [0.15, 0.2) is 24.3 Å². The van der Waals surface area contributed by atoms with Gasteiger partial charge in [0.05, 0.1) is 6.07 Å². The van der Waals surface area contributed by atoms with Crippen molar-refractivity contribution in [2.24, 2.45) is 5.92 Å². The van der Waals surface area contributed by atoms with Crippen LogP contribution in [0.1, 0.15) is 58.4 Å². The minimum atomic E-state index is -0.0429. The van der Waals surface area contributed by atoms with E-state index in [-0.39, 0.29) is 5.60 Å². The van der Waals surface area contributed by atoms with Gasteiger partial charge in [-0.2, -0.15) is 5.26 Å². The van der Waals surface area contributed by atoms with Crippen molar-refractivity contribution in [3.8, 4) is 11.8 Å². The molecule has 3 heteroatoms. The Balaban J connectivity index is 0.00000100. The molecule has 3 rings (SSSR count). The Morgan fingerprint density at radius 3 is 2.25 bits per heavy atom. The Morgan fingerprint density at radius 1 is 1.12 bits per heavy atom. The molecule has 24 heavy (non-hydrogen) atoms. The fourth-order valence-corrected chi connectivity index (χ4v) is 3.87. The summed E-state index contributed by atoms with van der Waals surface area (Å²) in [5, 5.41) is 8.80. The molecule has 1 aromatic carbocycles. The first-order valence-electron chi connectivity index (χ1n) is 9.45. The molecule has 0 atom stereocenters. The predicted molar refractivity (Wildman–Crippen MR) is 99.1 cm³/mol. The smallest absolute Gasteiger partial charge is 0.131 e. The molecule has 0 unspecified atom stereocenters. The lowest BCUT2D eigenvalue weighted by Gasteiger charge is -2.52. The van der Waals surface area contributed by atoms with Crippen molar-refractivity contribution in [1.82, 2.24) is 4.90 Å². The maximum absolute atomic E-state index is 8.80. The van der Waals surface area contributed by atoms with E-state index in [1.165, 1.54) is 31.2 Å². The van der Waals surface area contributed by atoms with Crippen LogP contribution in [0.4, 0.5) is 0 Å². The van der Waals surface area contributed by atoms with Crippen molar-refractivity contribution in [2.75, 3.05) is 13.1 Å². The van der Waals surface area contributed by atoms with Crippen LogP contribution in [0.2, 0.25) is 0 Å². The monoisotopic (exact) mass is 328 g/mol. The number of ether oxygens (including phenoxy) is 1. The second-order valence-electron chi connectivity index (χ2n) is 7.31. The number of rotatable bonds is 4. The highest BCUT2D eigenvalue weighted by Gasteiger charge is 2.44. The van der Waals surface area contributed by atoms with Crippen LogP contribution in [0, 0.1) is 24.2 Å². The number of hydrogen-bond acceptors (Lipinski definition) is 3. The van der Waals surface area contributed by atoms with Gasteiger partial charge in [0.25, 0.3) is 0 Å². The molecule has 0 aromatic heterocycles. The van der Waals surface area contributed by atoms with Crippen LogP contribution in [-0.4, -0.2) is 29.6 Å². The van der Waals surface area contributed by atoms with Crippen molar-refractivity contribution in [2.45, 2.75) is 71.4 Å². The second-order valence-corrected chi connectivity index (χ2v) is 7.31. The summed E-state index contributed by atoms with van der Waals surface area (Å²) in [6.45, 7) is 10.4. The third-order valence-electron chi connectivity index (χ3n) is 5.17. The highest BCUT2D eigenvalue weighted by Crippen LogP contribution is 2.35. The molecular weight excluding hydrogens is 296 g/mol. The molecule has 3 nitrogen and oxygen atoms in total.